The van der Waals surface area contributed by atoms with Gasteiger partial charge in [0.25, 0.3) is 0 Å². The molecule has 2 aliphatic rings. The lowest BCUT2D eigenvalue weighted by atomic mass is 9.93. The average Bonchev–Trinajstić information content (AvgIpc) is 2.57. The van der Waals surface area contributed by atoms with Crippen molar-refractivity contribution in [3.05, 3.63) is 0 Å². The fraction of sp³-hybridized carbons (Fsp3) is 0.889. The Morgan fingerprint density at radius 3 is 2.85 bits per heavy atom. The van der Waals surface area contributed by atoms with Crippen LogP contribution >= 0.6 is 0 Å². The van der Waals surface area contributed by atoms with Crippen LogP contribution in [0.25, 0.3) is 0 Å². The van der Waals surface area contributed by atoms with E-state index in [4.69, 9.17) is 4.74 Å². The smallest absolute Gasteiger partial charge is 0.191 e. The Labute approximate surface area is 78.8 Å². The van der Waals surface area contributed by atoms with Crippen molar-refractivity contribution in [2.75, 3.05) is 26.3 Å². The molecule has 0 aliphatic carbocycles. The van der Waals surface area contributed by atoms with Crippen molar-refractivity contribution in [1.29, 1.82) is 0 Å². The van der Waals surface area contributed by atoms with Crippen molar-refractivity contribution in [3.63, 3.8) is 0 Å². The second-order valence-corrected chi connectivity index (χ2v) is 3.96. The van der Waals surface area contributed by atoms with Crippen molar-refractivity contribution >= 4 is 5.96 Å². The molecule has 4 nitrogen and oxygen atoms in total. The molecule has 2 heterocycles. The summed E-state index contributed by atoms with van der Waals surface area (Å²) < 4.78 is 5.33. The number of aliphatic imine (C=N–C) groups is 1. The number of guanidine groups is 1. The van der Waals surface area contributed by atoms with Crippen LogP contribution in [0.1, 0.15) is 19.8 Å². The second-order valence-electron chi connectivity index (χ2n) is 3.96. The monoisotopic (exact) mass is 183 g/mol. The van der Waals surface area contributed by atoms with Crippen molar-refractivity contribution in [1.82, 2.24) is 10.6 Å². The number of nitrogens with one attached hydrogen (secondary N) is 2. The van der Waals surface area contributed by atoms with Crippen LogP contribution in [0.5, 0.6) is 0 Å². The highest BCUT2D eigenvalue weighted by Gasteiger charge is 2.28. The van der Waals surface area contributed by atoms with E-state index in [-0.39, 0.29) is 5.54 Å². The normalized spacial score (nSPS) is 26.4. The predicted molar refractivity (Wildman–Crippen MR) is 51.9 cm³/mol. The van der Waals surface area contributed by atoms with E-state index in [0.29, 0.717) is 0 Å². The summed E-state index contributed by atoms with van der Waals surface area (Å²) >= 11 is 0. The van der Waals surface area contributed by atoms with Gasteiger partial charge in [-0.3, -0.25) is 4.99 Å². The summed E-state index contributed by atoms with van der Waals surface area (Å²) in [6.45, 7) is 5.81. The number of ether oxygens (including phenoxy) is 1. The molecule has 2 rings (SSSR count). The molecule has 0 bridgehead atoms. The molecule has 0 unspecified atom stereocenters. The number of hydrogen-bond acceptors (Lipinski definition) is 4. The van der Waals surface area contributed by atoms with Gasteiger partial charge in [-0.05, 0) is 19.8 Å². The maximum atomic E-state index is 5.33. The van der Waals surface area contributed by atoms with Crippen LogP contribution in [0.2, 0.25) is 0 Å². The largest absolute Gasteiger partial charge is 0.381 e. The fourth-order valence-electron chi connectivity index (χ4n) is 1.71. The van der Waals surface area contributed by atoms with Gasteiger partial charge in [-0.25, -0.2) is 0 Å². The van der Waals surface area contributed by atoms with Gasteiger partial charge in [-0.2, -0.15) is 0 Å². The molecule has 2 N–H and O–H groups in total. The van der Waals surface area contributed by atoms with Gasteiger partial charge >= 0.3 is 0 Å². The predicted octanol–water partition coefficient (Wildman–Crippen LogP) is 0.104. The quantitative estimate of drug-likeness (QED) is 0.606. The van der Waals surface area contributed by atoms with E-state index in [0.717, 1.165) is 45.1 Å². The minimum Gasteiger partial charge on any atom is -0.381 e. The minimum atomic E-state index is 0.175. The van der Waals surface area contributed by atoms with Gasteiger partial charge in [0, 0.05) is 25.3 Å². The number of nitrogens with zero attached hydrogens (tertiary/aromatic N) is 1. The first-order valence-corrected chi connectivity index (χ1v) is 4.93. The standard InChI is InChI=1S/C9H17N3O/c1-9(2-6-13-7-3-9)12-8-10-4-5-11-8/h2-7H2,1H3,(H2,10,11,12). The van der Waals surface area contributed by atoms with Crippen LogP contribution in [-0.4, -0.2) is 37.8 Å². The zero-order valence-corrected chi connectivity index (χ0v) is 8.10. The fourth-order valence-corrected chi connectivity index (χ4v) is 1.71. The SMILES string of the molecule is CC1(NC2=NCCN2)CCOCC1. The molecule has 0 amide bonds. The van der Waals surface area contributed by atoms with E-state index in [1.165, 1.54) is 0 Å². The first-order chi connectivity index (χ1) is 6.29. The summed E-state index contributed by atoms with van der Waals surface area (Å²) in [5, 5.41) is 6.68. The zero-order valence-electron chi connectivity index (χ0n) is 8.10. The van der Waals surface area contributed by atoms with E-state index in [1.807, 2.05) is 0 Å². The number of hydrogen-bond donors (Lipinski definition) is 2. The average molecular weight is 183 g/mol. The van der Waals surface area contributed by atoms with Gasteiger partial charge in [0.15, 0.2) is 5.96 Å². The summed E-state index contributed by atoms with van der Waals surface area (Å²) in [6, 6.07) is 0. The summed E-state index contributed by atoms with van der Waals surface area (Å²) in [5.74, 6) is 0.962. The van der Waals surface area contributed by atoms with Gasteiger partial charge < -0.3 is 15.4 Å². The highest BCUT2D eigenvalue weighted by atomic mass is 16.5. The Morgan fingerprint density at radius 2 is 2.23 bits per heavy atom. The Bertz CT molecular complexity index is 209. The van der Waals surface area contributed by atoms with Crippen LogP contribution in [0, 0.1) is 0 Å². The molecule has 1 saturated heterocycles. The molecule has 0 spiro atoms. The van der Waals surface area contributed by atoms with Crippen LogP contribution < -0.4 is 10.6 Å². The third-order valence-corrected chi connectivity index (χ3v) is 2.69. The Kier molecular flexibility index (Phi) is 2.40. The number of rotatable bonds is 1. The Balaban J connectivity index is 1.90. The summed E-state index contributed by atoms with van der Waals surface area (Å²) in [5.41, 5.74) is 0.175. The lowest BCUT2D eigenvalue weighted by Crippen LogP contribution is -2.52. The molecule has 2 aliphatic heterocycles. The molecular weight excluding hydrogens is 166 g/mol. The van der Waals surface area contributed by atoms with Crippen LogP contribution in [0.4, 0.5) is 0 Å². The van der Waals surface area contributed by atoms with Gasteiger partial charge in [0.1, 0.15) is 0 Å². The van der Waals surface area contributed by atoms with Crippen molar-refractivity contribution in [2.24, 2.45) is 4.99 Å². The molecule has 0 aromatic carbocycles. The second kappa shape index (κ2) is 3.54. The molecule has 13 heavy (non-hydrogen) atoms. The zero-order chi connectivity index (χ0) is 9.15. The van der Waals surface area contributed by atoms with Crippen molar-refractivity contribution in [2.45, 2.75) is 25.3 Å². The van der Waals surface area contributed by atoms with Crippen LogP contribution in [0.3, 0.4) is 0 Å². The topological polar surface area (TPSA) is 45.7 Å². The lowest BCUT2D eigenvalue weighted by molar-refractivity contribution is 0.0522. The highest BCUT2D eigenvalue weighted by molar-refractivity contribution is 5.81. The van der Waals surface area contributed by atoms with E-state index in [1.54, 1.807) is 0 Å². The molecule has 0 atom stereocenters. The van der Waals surface area contributed by atoms with Gasteiger partial charge in [0.2, 0.25) is 0 Å². The van der Waals surface area contributed by atoms with E-state index in [9.17, 15) is 0 Å². The van der Waals surface area contributed by atoms with Crippen molar-refractivity contribution in [3.8, 4) is 0 Å². The van der Waals surface area contributed by atoms with Crippen molar-refractivity contribution < 1.29 is 4.74 Å². The minimum absolute atomic E-state index is 0.175. The maximum absolute atomic E-state index is 5.33. The van der Waals surface area contributed by atoms with E-state index < -0.39 is 0 Å². The van der Waals surface area contributed by atoms with E-state index in [2.05, 4.69) is 22.5 Å². The Hall–Kier alpha value is -0.770. The van der Waals surface area contributed by atoms with Gasteiger partial charge in [-0.1, -0.05) is 0 Å². The van der Waals surface area contributed by atoms with Crippen LogP contribution in [0.15, 0.2) is 4.99 Å². The third-order valence-electron chi connectivity index (χ3n) is 2.69. The molecule has 0 aromatic rings. The molecule has 1 fully saturated rings. The summed E-state index contributed by atoms with van der Waals surface area (Å²) in [6.07, 6.45) is 2.13. The first-order valence-electron chi connectivity index (χ1n) is 4.93. The molecule has 4 heteroatoms. The molecule has 0 aromatic heterocycles. The molecule has 74 valence electrons. The molecule has 0 saturated carbocycles. The van der Waals surface area contributed by atoms with E-state index >= 15 is 0 Å². The highest BCUT2D eigenvalue weighted by Crippen LogP contribution is 2.19. The lowest BCUT2D eigenvalue weighted by Gasteiger charge is -2.35. The molecular formula is C9H17N3O. The first kappa shape index (κ1) is 8.81. The van der Waals surface area contributed by atoms with Gasteiger partial charge in [0.05, 0.1) is 6.54 Å². The third kappa shape index (κ3) is 2.12. The van der Waals surface area contributed by atoms with Gasteiger partial charge in [-0.15, -0.1) is 0 Å². The summed E-state index contributed by atoms with van der Waals surface area (Å²) in [4.78, 5) is 4.33. The maximum Gasteiger partial charge on any atom is 0.191 e. The molecule has 0 radical (unpaired) electrons. The Morgan fingerprint density at radius 1 is 1.46 bits per heavy atom. The van der Waals surface area contributed by atoms with Crippen LogP contribution in [-0.2, 0) is 4.74 Å². The summed E-state index contributed by atoms with van der Waals surface area (Å²) in [7, 11) is 0.